The van der Waals surface area contributed by atoms with E-state index >= 15 is 0 Å². The number of amides is 3. The van der Waals surface area contributed by atoms with Gasteiger partial charge < -0.3 is 14.4 Å². The van der Waals surface area contributed by atoms with Crippen LogP contribution in [-0.4, -0.2) is 78.7 Å². The maximum Gasteiger partial charge on any atom is 0.328 e. The van der Waals surface area contributed by atoms with Gasteiger partial charge in [-0.15, -0.1) is 0 Å². The van der Waals surface area contributed by atoms with Gasteiger partial charge in [-0.2, -0.15) is 0 Å². The fourth-order valence-electron chi connectivity index (χ4n) is 4.25. The molecule has 1 aromatic carbocycles. The standard InChI is InChI=1S/C21H26ClN5O4/c1-6-31-10-9-25-19(28)17-18(24(4)21(25)29)23-20-26(12(2)13(3)27(17)20)15-11-14(22)7-8-16(15)30-5/h7-8,11,17-18H,6,9-10H2,1-5H3. The molecule has 4 rings (SSSR count). The van der Waals surface area contributed by atoms with E-state index in [0.717, 1.165) is 17.1 Å². The summed E-state index contributed by atoms with van der Waals surface area (Å²) in [6.07, 6.45) is -0.617. The van der Waals surface area contributed by atoms with E-state index in [9.17, 15) is 9.59 Å². The summed E-state index contributed by atoms with van der Waals surface area (Å²) in [6.45, 7) is 6.80. The van der Waals surface area contributed by atoms with Crippen molar-refractivity contribution in [2.75, 3.05) is 38.8 Å². The van der Waals surface area contributed by atoms with Crippen LogP contribution >= 0.6 is 11.6 Å². The molecule has 2 atom stereocenters. The van der Waals surface area contributed by atoms with Crippen LogP contribution in [0.2, 0.25) is 5.02 Å². The SMILES string of the molecule is CCOCCN1C(=O)C2C(N=C3N(c4cc(Cl)ccc4OC)C(C)=C(C)N32)N(C)C1=O. The number of ether oxygens (including phenoxy) is 2. The molecule has 0 saturated carbocycles. The number of allylic oxidation sites excluding steroid dienone is 2. The minimum Gasteiger partial charge on any atom is -0.495 e. The predicted octanol–water partition coefficient (Wildman–Crippen LogP) is 2.72. The number of rotatable bonds is 6. The van der Waals surface area contributed by atoms with Crippen molar-refractivity contribution in [2.45, 2.75) is 33.0 Å². The van der Waals surface area contributed by atoms with E-state index < -0.39 is 12.2 Å². The van der Waals surface area contributed by atoms with Crippen molar-refractivity contribution in [3.8, 4) is 5.75 Å². The Morgan fingerprint density at radius 2 is 1.94 bits per heavy atom. The summed E-state index contributed by atoms with van der Waals surface area (Å²) in [5.74, 6) is 0.925. The smallest absolute Gasteiger partial charge is 0.328 e. The van der Waals surface area contributed by atoms with E-state index in [1.54, 1.807) is 32.4 Å². The molecule has 0 spiro atoms. The first-order chi connectivity index (χ1) is 14.8. The van der Waals surface area contributed by atoms with E-state index in [1.165, 1.54) is 9.80 Å². The lowest BCUT2D eigenvalue weighted by Gasteiger charge is -2.40. The Labute approximate surface area is 186 Å². The van der Waals surface area contributed by atoms with Crippen molar-refractivity contribution in [3.05, 3.63) is 34.6 Å². The Hall–Kier alpha value is -2.78. The van der Waals surface area contributed by atoms with E-state index in [2.05, 4.69) is 0 Å². The van der Waals surface area contributed by atoms with Gasteiger partial charge in [-0.1, -0.05) is 11.6 Å². The van der Waals surface area contributed by atoms with Crippen LogP contribution in [0, 0.1) is 0 Å². The molecule has 3 heterocycles. The fourth-order valence-corrected chi connectivity index (χ4v) is 4.41. The lowest BCUT2D eigenvalue weighted by molar-refractivity contribution is -0.137. The Morgan fingerprint density at radius 1 is 1.19 bits per heavy atom. The van der Waals surface area contributed by atoms with Crippen LogP contribution in [0.25, 0.3) is 0 Å². The number of nitrogens with zero attached hydrogens (tertiary/aromatic N) is 5. The predicted molar refractivity (Wildman–Crippen MR) is 117 cm³/mol. The Balaban J connectivity index is 1.74. The zero-order valence-corrected chi connectivity index (χ0v) is 19.0. The number of benzene rings is 1. The van der Waals surface area contributed by atoms with Crippen LogP contribution in [0.4, 0.5) is 10.5 Å². The van der Waals surface area contributed by atoms with Crippen molar-refractivity contribution in [1.29, 1.82) is 0 Å². The second-order valence-corrected chi connectivity index (χ2v) is 8.00. The average Bonchev–Trinajstić information content (AvgIpc) is 3.24. The van der Waals surface area contributed by atoms with Crippen molar-refractivity contribution in [3.63, 3.8) is 0 Å². The van der Waals surface area contributed by atoms with Gasteiger partial charge in [0.25, 0.3) is 5.91 Å². The molecule has 0 aliphatic carbocycles. The maximum atomic E-state index is 13.4. The molecule has 2 unspecified atom stereocenters. The summed E-state index contributed by atoms with van der Waals surface area (Å²) in [7, 11) is 3.26. The lowest BCUT2D eigenvalue weighted by atomic mass is 10.1. The number of fused-ring (bicyclic) bond motifs is 3. The molecule has 0 radical (unpaired) electrons. The van der Waals surface area contributed by atoms with Gasteiger partial charge in [-0.05, 0) is 39.0 Å². The van der Waals surface area contributed by atoms with Crippen molar-refractivity contribution < 1.29 is 19.1 Å². The van der Waals surface area contributed by atoms with Crippen LogP contribution in [0.1, 0.15) is 20.8 Å². The van der Waals surface area contributed by atoms with E-state index in [4.69, 9.17) is 26.1 Å². The van der Waals surface area contributed by atoms with Gasteiger partial charge in [-0.3, -0.25) is 19.5 Å². The van der Waals surface area contributed by atoms with Crippen molar-refractivity contribution >= 4 is 35.2 Å². The van der Waals surface area contributed by atoms with E-state index in [1.807, 2.05) is 30.6 Å². The summed E-state index contributed by atoms with van der Waals surface area (Å²) >= 11 is 6.27. The molecule has 0 bridgehead atoms. The molecule has 1 fully saturated rings. The molecule has 0 aromatic heterocycles. The largest absolute Gasteiger partial charge is 0.495 e. The highest BCUT2D eigenvalue weighted by Gasteiger charge is 2.56. The molecule has 3 aliphatic rings. The van der Waals surface area contributed by atoms with Gasteiger partial charge in [0.1, 0.15) is 5.75 Å². The third kappa shape index (κ3) is 3.23. The van der Waals surface area contributed by atoms with Gasteiger partial charge in [-0.25, -0.2) is 9.79 Å². The normalized spacial score (nSPS) is 23.0. The topological polar surface area (TPSA) is 77.9 Å². The highest BCUT2D eigenvalue weighted by atomic mass is 35.5. The quantitative estimate of drug-likeness (QED) is 0.624. The Morgan fingerprint density at radius 3 is 2.61 bits per heavy atom. The number of aliphatic imine (C=N–C) groups is 1. The first-order valence-electron chi connectivity index (χ1n) is 10.2. The number of carbonyl (C=O) groups is 2. The monoisotopic (exact) mass is 447 g/mol. The average molecular weight is 448 g/mol. The third-order valence-corrected chi connectivity index (χ3v) is 6.17. The second-order valence-electron chi connectivity index (χ2n) is 7.56. The zero-order chi connectivity index (χ0) is 22.4. The first kappa shape index (κ1) is 21.5. The molecule has 10 heteroatoms. The molecule has 0 N–H and O–H groups in total. The molecule has 31 heavy (non-hydrogen) atoms. The minimum atomic E-state index is -0.635. The lowest BCUT2D eigenvalue weighted by Crippen LogP contribution is -2.65. The molecule has 166 valence electrons. The number of likely N-dealkylation sites (N-methyl/N-ethyl adjacent to an activating group) is 1. The van der Waals surface area contributed by atoms with Gasteiger partial charge in [0.05, 0.1) is 25.9 Å². The molecule has 3 amide bonds. The first-order valence-corrected chi connectivity index (χ1v) is 10.5. The van der Waals surface area contributed by atoms with Gasteiger partial charge in [0, 0.05) is 30.1 Å². The number of guanidine groups is 1. The van der Waals surface area contributed by atoms with E-state index in [0.29, 0.717) is 29.9 Å². The number of anilines is 1. The summed E-state index contributed by atoms with van der Waals surface area (Å²) < 4.78 is 10.9. The number of hydrogen-bond acceptors (Lipinski definition) is 7. The number of methoxy groups -OCH3 is 1. The molecular formula is C21H26ClN5O4. The van der Waals surface area contributed by atoms with Gasteiger partial charge in [0.2, 0.25) is 5.96 Å². The summed E-state index contributed by atoms with van der Waals surface area (Å²) in [5.41, 5.74) is 2.52. The summed E-state index contributed by atoms with van der Waals surface area (Å²) in [6, 6.07) is 4.34. The second kappa shape index (κ2) is 8.05. The van der Waals surface area contributed by atoms with Crippen LogP contribution in [-0.2, 0) is 9.53 Å². The molecule has 1 saturated heterocycles. The Bertz CT molecular complexity index is 994. The van der Waals surface area contributed by atoms with Gasteiger partial charge >= 0.3 is 6.03 Å². The van der Waals surface area contributed by atoms with E-state index in [-0.39, 0.29) is 18.5 Å². The number of halogens is 1. The van der Waals surface area contributed by atoms with Crippen LogP contribution < -0.4 is 9.64 Å². The van der Waals surface area contributed by atoms with Crippen molar-refractivity contribution in [1.82, 2.24) is 14.7 Å². The molecule has 3 aliphatic heterocycles. The Kier molecular flexibility index (Phi) is 5.57. The number of carbonyl (C=O) groups excluding carboxylic acids is 2. The highest BCUT2D eigenvalue weighted by molar-refractivity contribution is 6.31. The molecule has 1 aromatic rings. The summed E-state index contributed by atoms with van der Waals surface area (Å²) in [5, 5.41) is 0.557. The third-order valence-electron chi connectivity index (χ3n) is 5.94. The molecule has 9 nitrogen and oxygen atoms in total. The molecular weight excluding hydrogens is 422 g/mol. The highest BCUT2D eigenvalue weighted by Crippen LogP contribution is 2.43. The summed E-state index contributed by atoms with van der Waals surface area (Å²) in [4.78, 5) is 37.6. The number of urea groups is 1. The maximum absolute atomic E-state index is 13.4. The van der Waals surface area contributed by atoms with Crippen molar-refractivity contribution in [2.24, 2.45) is 4.99 Å². The van der Waals surface area contributed by atoms with Crippen LogP contribution in [0.15, 0.2) is 34.6 Å². The van der Waals surface area contributed by atoms with Gasteiger partial charge in [0.15, 0.2) is 12.2 Å². The van der Waals surface area contributed by atoms with Crippen LogP contribution in [0.3, 0.4) is 0 Å². The zero-order valence-electron chi connectivity index (χ0n) is 18.3. The fraction of sp³-hybridized carbons (Fsp3) is 0.476. The minimum absolute atomic E-state index is 0.204. The van der Waals surface area contributed by atoms with Crippen LogP contribution in [0.5, 0.6) is 5.75 Å². The number of imide groups is 1. The number of hydrogen-bond donors (Lipinski definition) is 0.